The second-order valence-electron chi connectivity index (χ2n) is 9.27. The number of carbonyl (C=O) groups excluding carboxylic acids is 3. The summed E-state index contributed by atoms with van der Waals surface area (Å²) >= 11 is 0. The topological polar surface area (TPSA) is 143 Å². The highest BCUT2D eigenvalue weighted by Gasteiger charge is 2.32. The largest absolute Gasteiger partial charge is 0.507 e. The second-order valence-corrected chi connectivity index (χ2v) is 9.27. The molecule has 3 aromatic rings. The molecule has 204 valence electrons. The van der Waals surface area contributed by atoms with E-state index in [9.17, 15) is 24.6 Å². The van der Waals surface area contributed by atoms with Crippen LogP contribution < -0.4 is 20.1 Å². The van der Waals surface area contributed by atoms with Gasteiger partial charge in [-0.2, -0.15) is 0 Å². The standard InChI is InChI=1S/C28H26N2O8.ClH/c1-14-7-18(8-15(2)25(14)32)27(34)30-20-11-29-12-24(20)38-28(35)17-5-3-16(4-6-17)26(33)19-9-22-23(10-21(19)31)37-13-36-22;/h3-10,20,24,29,31-32H,11-13H2,1-2H3,(H,30,34);1H. The molecule has 1 amide bonds. The van der Waals surface area contributed by atoms with Crippen molar-refractivity contribution in [2.24, 2.45) is 0 Å². The zero-order valence-electron chi connectivity index (χ0n) is 21.1. The summed E-state index contributed by atoms with van der Waals surface area (Å²) < 4.78 is 16.1. The van der Waals surface area contributed by atoms with Crippen molar-refractivity contribution in [3.63, 3.8) is 0 Å². The van der Waals surface area contributed by atoms with Crippen molar-refractivity contribution in [3.8, 4) is 23.0 Å². The maximum atomic E-state index is 12.9. The molecule has 10 nitrogen and oxygen atoms in total. The molecule has 0 radical (unpaired) electrons. The van der Waals surface area contributed by atoms with Crippen LogP contribution in [0.5, 0.6) is 23.0 Å². The zero-order chi connectivity index (χ0) is 27.0. The number of halogens is 1. The van der Waals surface area contributed by atoms with Crippen molar-refractivity contribution in [3.05, 3.63) is 81.9 Å². The van der Waals surface area contributed by atoms with Crippen molar-refractivity contribution in [1.29, 1.82) is 0 Å². The molecule has 1 fully saturated rings. The van der Waals surface area contributed by atoms with Crippen LogP contribution in [0, 0.1) is 13.8 Å². The van der Waals surface area contributed by atoms with Crippen LogP contribution in [0.3, 0.4) is 0 Å². The zero-order valence-corrected chi connectivity index (χ0v) is 22.0. The number of amides is 1. The van der Waals surface area contributed by atoms with Crippen LogP contribution >= 0.6 is 12.4 Å². The third-order valence-corrected chi connectivity index (χ3v) is 6.61. The normalized spacial score (nSPS) is 17.3. The number of hydrogen-bond acceptors (Lipinski definition) is 9. The van der Waals surface area contributed by atoms with Crippen molar-refractivity contribution >= 4 is 30.1 Å². The first-order valence-corrected chi connectivity index (χ1v) is 12.0. The van der Waals surface area contributed by atoms with Gasteiger partial charge in [0.05, 0.1) is 17.2 Å². The van der Waals surface area contributed by atoms with Gasteiger partial charge >= 0.3 is 5.97 Å². The number of rotatable bonds is 6. The van der Waals surface area contributed by atoms with Crippen LogP contribution in [-0.4, -0.2) is 59.9 Å². The first-order valence-electron chi connectivity index (χ1n) is 12.0. The van der Waals surface area contributed by atoms with Gasteiger partial charge in [-0.15, -0.1) is 12.4 Å². The molecule has 0 aromatic heterocycles. The number of ether oxygens (including phenoxy) is 3. The summed E-state index contributed by atoms with van der Waals surface area (Å²) in [5.74, 6) is -0.725. The summed E-state index contributed by atoms with van der Waals surface area (Å²) in [5.41, 5.74) is 2.15. The predicted octanol–water partition coefficient (Wildman–Crippen LogP) is 3.02. The minimum absolute atomic E-state index is 0. The van der Waals surface area contributed by atoms with Gasteiger partial charge in [-0.25, -0.2) is 4.79 Å². The molecule has 2 aliphatic heterocycles. The predicted molar refractivity (Wildman–Crippen MR) is 142 cm³/mol. The van der Waals surface area contributed by atoms with E-state index in [1.165, 1.54) is 36.4 Å². The Morgan fingerprint density at radius 2 is 1.51 bits per heavy atom. The van der Waals surface area contributed by atoms with Crippen LogP contribution in [-0.2, 0) is 4.74 Å². The Kier molecular flexibility index (Phi) is 7.98. The Labute approximate surface area is 230 Å². The number of phenolic OH excluding ortho intramolecular Hbond substituents is 2. The van der Waals surface area contributed by atoms with E-state index in [1.54, 1.807) is 26.0 Å². The number of fused-ring (bicyclic) bond motifs is 1. The lowest BCUT2D eigenvalue weighted by atomic mass is 10.0. The molecule has 11 heteroatoms. The van der Waals surface area contributed by atoms with E-state index in [4.69, 9.17) is 14.2 Å². The van der Waals surface area contributed by atoms with Gasteiger partial charge in [0.15, 0.2) is 17.3 Å². The summed E-state index contributed by atoms with van der Waals surface area (Å²) in [5, 5.41) is 26.2. The molecule has 2 unspecified atom stereocenters. The SMILES string of the molecule is Cc1cc(C(=O)NC2CNCC2OC(=O)c2ccc(C(=O)c3cc4c(cc3O)OCO4)cc2)cc(C)c1O.Cl. The summed E-state index contributed by atoms with van der Waals surface area (Å²) in [6.45, 7) is 4.24. The number of phenols is 2. The molecule has 1 saturated heterocycles. The number of benzene rings is 3. The fourth-order valence-electron chi connectivity index (χ4n) is 4.49. The van der Waals surface area contributed by atoms with Crippen molar-refractivity contribution < 1.29 is 38.8 Å². The van der Waals surface area contributed by atoms with E-state index in [1.807, 2.05) is 0 Å². The van der Waals surface area contributed by atoms with Crippen molar-refractivity contribution in [2.75, 3.05) is 19.9 Å². The van der Waals surface area contributed by atoms with Gasteiger partial charge in [-0.3, -0.25) is 9.59 Å². The number of nitrogens with one attached hydrogen (secondary N) is 2. The first-order chi connectivity index (χ1) is 18.2. The smallest absolute Gasteiger partial charge is 0.338 e. The Bertz CT molecular complexity index is 1420. The van der Waals surface area contributed by atoms with E-state index >= 15 is 0 Å². The van der Waals surface area contributed by atoms with E-state index in [-0.39, 0.29) is 53.3 Å². The van der Waals surface area contributed by atoms with Crippen molar-refractivity contribution in [2.45, 2.75) is 26.0 Å². The number of ketones is 1. The number of hydrogen-bond donors (Lipinski definition) is 4. The van der Waals surface area contributed by atoms with Gasteiger partial charge in [0.25, 0.3) is 5.91 Å². The van der Waals surface area contributed by atoms with E-state index in [0.717, 1.165) is 0 Å². The van der Waals surface area contributed by atoms with Crippen LogP contribution in [0.1, 0.15) is 47.8 Å². The summed E-state index contributed by atoms with van der Waals surface area (Å²) in [4.78, 5) is 38.5. The van der Waals surface area contributed by atoms with Gasteiger partial charge in [0, 0.05) is 30.3 Å². The quantitative estimate of drug-likeness (QED) is 0.267. The first kappa shape index (κ1) is 27.7. The molecule has 0 spiro atoms. The number of aromatic hydroxyl groups is 2. The molecule has 0 saturated carbocycles. The van der Waals surface area contributed by atoms with Crippen LogP contribution in [0.2, 0.25) is 0 Å². The third-order valence-electron chi connectivity index (χ3n) is 6.61. The molecular formula is C28H27ClN2O8. The lowest BCUT2D eigenvalue weighted by Crippen LogP contribution is -2.44. The fourth-order valence-corrected chi connectivity index (χ4v) is 4.49. The second kappa shape index (κ2) is 11.2. The molecule has 0 aliphatic carbocycles. The molecule has 39 heavy (non-hydrogen) atoms. The minimum Gasteiger partial charge on any atom is -0.507 e. The molecule has 3 aromatic carbocycles. The van der Waals surface area contributed by atoms with Gasteiger partial charge < -0.3 is 35.1 Å². The number of esters is 1. The summed E-state index contributed by atoms with van der Waals surface area (Å²) in [6, 6.07) is 11.4. The van der Waals surface area contributed by atoms with Gasteiger partial charge in [0.1, 0.15) is 17.6 Å². The molecule has 5 rings (SSSR count). The number of carbonyl (C=O) groups is 3. The van der Waals surface area contributed by atoms with Gasteiger partial charge in [-0.1, -0.05) is 12.1 Å². The highest BCUT2D eigenvalue weighted by atomic mass is 35.5. The van der Waals surface area contributed by atoms with Gasteiger partial charge in [0.2, 0.25) is 6.79 Å². The maximum Gasteiger partial charge on any atom is 0.338 e. The molecule has 2 heterocycles. The Balaban J connectivity index is 0.00000353. The van der Waals surface area contributed by atoms with Gasteiger partial charge in [-0.05, 0) is 55.3 Å². The van der Waals surface area contributed by atoms with Crippen LogP contribution in [0.15, 0.2) is 48.5 Å². The Hall–Kier alpha value is -4.28. The lowest BCUT2D eigenvalue weighted by molar-refractivity contribution is 0.0283. The third kappa shape index (κ3) is 5.62. The van der Waals surface area contributed by atoms with Crippen molar-refractivity contribution in [1.82, 2.24) is 10.6 Å². The molecular weight excluding hydrogens is 528 g/mol. The molecule has 2 aliphatic rings. The average Bonchev–Trinajstić information content (AvgIpc) is 3.54. The van der Waals surface area contributed by atoms with Crippen LogP contribution in [0.4, 0.5) is 0 Å². The summed E-state index contributed by atoms with van der Waals surface area (Å²) in [7, 11) is 0. The highest BCUT2D eigenvalue weighted by molar-refractivity contribution is 6.11. The highest BCUT2D eigenvalue weighted by Crippen LogP contribution is 2.38. The summed E-state index contributed by atoms with van der Waals surface area (Å²) in [6.07, 6.45) is -0.599. The Morgan fingerprint density at radius 1 is 0.897 bits per heavy atom. The average molecular weight is 555 g/mol. The molecule has 4 N–H and O–H groups in total. The monoisotopic (exact) mass is 554 g/mol. The lowest BCUT2D eigenvalue weighted by Gasteiger charge is -2.21. The number of aryl methyl sites for hydroxylation is 2. The Morgan fingerprint density at radius 3 is 2.18 bits per heavy atom. The maximum absolute atomic E-state index is 12.9. The van der Waals surface area contributed by atoms with E-state index < -0.39 is 23.9 Å². The van der Waals surface area contributed by atoms with E-state index in [2.05, 4.69) is 10.6 Å². The molecule has 2 atom stereocenters. The van der Waals surface area contributed by atoms with E-state index in [0.29, 0.717) is 41.3 Å². The minimum atomic E-state index is -0.599. The molecule has 0 bridgehead atoms. The van der Waals surface area contributed by atoms with Crippen LogP contribution in [0.25, 0.3) is 0 Å². The fraction of sp³-hybridized carbons (Fsp3) is 0.250.